The summed E-state index contributed by atoms with van der Waals surface area (Å²) in [5.41, 5.74) is 1.61. The SMILES string of the molecule is Cc1cc(C(=O)NCC#Cc2ccc(C(=O)N(C)C)cc2)no1. The number of carbonyl (C=O) groups is 2. The van der Waals surface area contributed by atoms with E-state index in [1.807, 2.05) is 0 Å². The molecule has 0 aliphatic rings. The Balaban J connectivity index is 1.90. The molecule has 2 rings (SSSR count). The second-order valence-corrected chi connectivity index (χ2v) is 5.08. The molecule has 6 heteroatoms. The van der Waals surface area contributed by atoms with E-state index >= 15 is 0 Å². The molecule has 0 fully saturated rings. The molecule has 0 radical (unpaired) electrons. The fourth-order valence-electron chi connectivity index (χ4n) is 1.79. The molecule has 0 aliphatic carbocycles. The lowest BCUT2D eigenvalue weighted by Crippen LogP contribution is -2.23. The minimum atomic E-state index is -0.330. The predicted molar refractivity (Wildman–Crippen MR) is 84.9 cm³/mol. The molecule has 1 aromatic heterocycles. The van der Waals surface area contributed by atoms with Gasteiger partial charge in [0.2, 0.25) is 0 Å². The Morgan fingerprint density at radius 1 is 1.26 bits per heavy atom. The van der Waals surface area contributed by atoms with Gasteiger partial charge in [0.1, 0.15) is 5.76 Å². The van der Waals surface area contributed by atoms with Crippen molar-refractivity contribution in [2.24, 2.45) is 0 Å². The first-order chi connectivity index (χ1) is 11.0. The quantitative estimate of drug-likeness (QED) is 0.871. The van der Waals surface area contributed by atoms with Crippen molar-refractivity contribution in [3.05, 3.63) is 52.9 Å². The van der Waals surface area contributed by atoms with E-state index in [0.717, 1.165) is 5.56 Å². The van der Waals surface area contributed by atoms with E-state index in [4.69, 9.17) is 4.52 Å². The zero-order chi connectivity index (χ0) is 16.8. The number of aromatic nitrogens is 1. The van der Waals surface area contributed by atoms with Crippen LogP contribution in [-0.4, -0.2) is 42.5 Å². The minimum absolute atomic E-state index is 0.0559. The summed E-state index contributed by atoms with van der Waals surface area (Å²) in [6.07, 6.45) is 0. The van der Waals surface area contributed by atoms with Gasteiger partial charge in [0.05, 0.1) is 6.54 Å². The first-order valence-corrected chi connectivity index (χ1v) is 6.99. The van der Waals surface area contributed by atoms with Crippen molar-refractivity contribution in [3.8, 4) is 11.8 Å². The molecule has 1 heterocycles. The lowest BCUT2D eigenvalue weighted by Gasteiger charge is -2.09. The standard InChI is InChI=1S/C17H17N3O3/c1-12-11-15(19-23-12)16(21)18-10-4-5-13-6-8-14(9-7-13)17(22)20(2)3/h6-9,11H,10H2,1-3H3,(H,18,21). The van der Waals surface area contributed by atoms with Gasteiger partial charge >= 0.3 is 0 Å². The highest BCUT2D eigenvalue weighted by molar-refractivity contribution is 5.94. The normalized spacial score (nSPS) is 9.70. The molecule has 0 saturated heterocycles. The van der Waals surface area contributed by atoms with Crippen LogP contribution >= 0.6 is 0 Å². The Labute approximate surface area is 134 Å². The number of hydrogen-bond donors (Lipinski definition) is 1. The summed E-state index contributed by atoms with van der Waals surface area (Å²) >= 11 is 0. The van der Waals surface area contributed by atoms with Crippen molar-refractivity contribution in [1.29, 1.82) is 0 Å². The van der Waals surface area contributed by atoms with Gasteiger partial charge in [-0.1, -0.05) is 17.0 Å². The molecule has 0 atom stereocenters. The fourth-order valence-corrected chi connectivity index (χ4v) is 1.79. The predicted octanol–water partition coefficient (Wildman–Crippen LogP) is 1.47. The van der Waals surface area contributed by atoms with Gasteiger partial charge in [-0.3, -0.25) is 9.59 Å². The van der Waals surface area contributed by atoms with Gasteiger partial charge in [0, 0.05) is 31.3 Å². The van der Waals surface area contributed by atoms with E-state index in [1.165, 1.54) is 4.90 Å². The molecule has 0 unspecified atom stereocenters. The molecule has 118 valence electrons. The first kappa shape index (κ1) is 16.3. The summed E-state index contributed by atoms with van der Waals surface area (Å²) in [5.74, 6) is 5.95. The van der Waals surface area contributed by atoms with Crippen LogP contribution in [0.2, 0.25) is 0 Å². The molecule has 0 saturated carbocycles. The van der Waals surface area contributed by atoms with E-state index in [9.17, 15) is 9.59 Å². The number of nitrogens with one attached hydrogen (secondary N) is 1. The molecule has 0 spiro atoms. The smallest absolute Gasteiger partial charge is 0.274 e. The van der Waals surface area contributed by atoms with Crippen LogP contribution in [0.4, 0.5) is 0 Å². The number of nitrogens with zero attached hydrogens (tertiary/aromatic N) is 2. The maximum Gasteiger partial charge on any atom is 0.274 e. The van der Waals surface area contributed by atoms with Gasteiger partial charge in [-0.25, -0.2) is 0 Å². The summed E-state index contributed by atoms with van der Waals surface area (Å²) < 4.78 is 4.83. The maximum absolute atomic E-state index is 11.8. The van der Waals surface area contributed by atoms with E-state index in [-0.39, 0.29) is 24.1 Å². The third kappa shape index (κ3) is 4.45. The minimum Gasteiger partial charge on any atom is -0.361 e. The molecular weight excluding hydrogens is 294 g/mol. The van der Waals surface area contributed by atoms with Crippen LogP contribution in [0.5, 0.6) is 0 Å². The molecule has 0 aliphatic heterocycles. The highest BCUT2D eigenvalue weighted by Crippen LogP contribution is 2.05. The molecular formula is C17H17N3O3. The van der Waals surface area contributed by atoms with Crippen molar-refractivity contribution in [2.45, 2.75) is 6.92 Å². The second kappa shape index (κ2) is 7.27. The molecule has 2 amide bonds. The highest BCUT2D eigenvalue weighted by atomic mass is 16.5. The summed E-state index contributed by atoms with van der Waals surface area (Å²) in [6.45, 7) is 1.91. The lowest BCUT2D eigenvalue weighted by atomic mass is 10.1. The van der Waals surface area contributed by atoms with Gasteiger partial charge in [-0.05, 0) is 31.2 Å². The Bertz CT molecular complexity index is 764. The van der Waals surface area contributed by atoms with E-state index in [1.54, 1.807) is 51.4 Å². The molecule has 1 aromatic carbocycles. The van der Waals surface area contributed by atoms with Crippen molar-refractivity contribution >= 4 is 11.8 Å². The number of rotatable bonds is 3. The van der Waals surface area contributed by atoms with Crippen LogP contribution in [0.3, 0.4) is 0 Å². The van der Waals surface area contributed by atoms with Crippen LogP contribution in [0.25, 0.3) is 0 Å². The molecule has 1 N–H and O–H groups in total. The zero-order valence-corrected chi connectivity index (χ0v) is 13.2. The van der Waals surface area contributed by atoms with Gasteiger partial charge in [0.25, 0.3) is 11.8 Å². The van der Waals surface area contributed by atoms with Gasteiger partial charge in [-0.2, -0.15) is 0 Å². The van der Waals surface area contributed by atoms with Crippen LogP contribution < -0.4 is 5.32 Å². The van der Waals surface area contributed by atoms with E-state index < -0.39 is 0 Å². The Kier molecular flexibility index (Phi) is 5.15. The third-order valence-electron chi connectivity index (χ3n) is 2.97. The average Bonchev–Trinajstić information content (AvgIpc) is 2.97. The topological polar surface area (TPSA) is 75.4 Å². The van der Waals surface area contributed by atoms with Crippen LogP contribution in [-0.2, 0) is 0 Å². The molecule has 2 aromatic rings. The van der Waals surface area contributed by atoms with Crippen LogP contribution in [0, 0.1) is 18.8 Å². The monoisotopic (exact) mass is 311 g/mol. The van der Waals surface area contributed by atoms with Crippen LogP contribution in [0.15, 0.2) is 34.9 Å². The summed E-state index contributed by atoms with van der Waals surface area (Å²) in [7, 11) is 3.41. The first-order valence-electron chi connectivity index (χ1n) is 6.99. The Morgan fingerprint density at radius 2 is 1.96 bits per heavy atom. The van der Waals surface area contributed by atoms with Crippen molar-refractivity contribution in [1.82, 2.24) is 15.4 Å². The molecule has 23 heavy (non-hydrogen) atoms. The number of carbonyl (C=O) groups excluding carboxylic acids is 2. The lowest BCUT2D eigenvalue weighted by molar-refractivity contribution is 0.0827. The Morgan fingerprint density at radius 3 is 2.52 bits per heavy atom. The zero-order valence-electron chi connectivity index (χ0n) is 13.2. The summed E-state index contributed by atoms with van der Waals surface area (Å²) in [4.78, 5) is 25.0. The van der Waals surface area contributed by atoms with Crippen molar-refractivity contribution in [3.63, 3.8) is 0 Å². The van der Waals surface area contributed by atoms with Gasteiger partial charge in [0.15, 0.2) is 5.69 Å². The van der Waals surface area contributed by atoms with Gasteiger partial charge in [-0.15, -0.1) is 0 Å². The number of aryl methyl sites for hydroxylation is 1. The van der Waals surface area contributed by atoms with Crippen LogP contribution in [0.1, 0.15) is 32.2 Å². The number of hydrogen-bond acceptors (Lipinski definition) is 4. The van der Waals surface area contributed by atoms with E-state index in [0.29, 0.717) is 11.3 Å². The summed E-state index contributed by atoms with van der Waals surface area (Å²) in [5, 5.41) is 6.25. The average molecular weight is 311 g/mol. The van der Waals surface area contributed by atoms with Crippen molar-refractivity contribution < 1.29 is 14.1 Å². The fraction of sp³-hybridized carbons (Fsp3) is 0.235. The largest absolute Gasteiger partial charge is 0.361 e. The second-order valence-electron chi connectivity index (χ2n) is 5.08. The Hall–Kier alpha value is -3.07. The summed E-state index contributed by atoms with van der Waals surface area (Å²) in [6, 6.07) is 8.55. The molecule has 0 bridgehead atoms. The maximum atomic E-state index is 11.8. The third-order valence-corrected chi connectivity index (χ3v) is 2.97. The number of amides is 2. The highest BCUT2D eigenvalue weighted by Gasteiger charge is 2.09. The van der Waals surface area contributed by atoms with Crippen molar-refractivity contribution in [2.75, 3.05) is 20.6 Å². The molecule has 6 nitrogen and oxygen atoms in total. The number of benzene rings is 1. The van der Waals surface area contributed by atoms with Gasteiger partial charge < -0.3 is 14.7 Å². The van der Waals surface area contributed by atoms with E-state index in [2.05, 4.69) is 22.3 Å².